The molecule has 2 N–H and O–H groups in total. The first-order valence-electron chi connectivity index (χ1n) is 6.69. The van der Waals surface area contributed by atoms with Crippen LogP contribution in [0.15, 0.2) is 22.7 Å². The Morgan fingerprint density at radius 2 is 2.06 bits per heavy atom. The summed E-state index contributed by atoms with van der Waals surface area (Å²) in [7, 11) is 0. The van der Waals surface area contributed by atoms with Gasteiger partial charge in [0.15, 0.2) is 0 Å². The first-order valence-corrected chi connectivity index (χ1v) is 7.49. The summed E-state index contributed by atoms with van der Waals surface area (Å²) < 4.78 is 6.95. The molecule has 1 atom stereocenters. The van der Waals surface area contributed by atoms with E-state index in [1.807, 2.05) is 12.1 Å². The van der Waals surface area contributed by atoms with Gasteiger partial charge in [-0.25, -0.2) is 0 Å². The molecule has 1 unspecified atom stereocenters. The Balaban J connectivity index is 2.70. The van der Waals surface area contributed by atoms with Crippen molar-refractivity contribution in [3.8, 4) is 5.75 Å². The number of hydrogen-bond donors (Lipinski definition) is 1. The first-order chi connectivity index (χ1) is 8.52. The van der Waals surface area contributed by atoms with Gasteiger partial charge in [-0.05, 0) is 48.9 Å². The SMILES string of the molecule is CCC(N)Cc1cc(Br)ccc1OCCC(C)C. The van der Waals surface area contributed by atoms with Crippen molar-refractivity contribution in [1.29, 1.82) is 0 Å². The predicted molar refractivity (Wildman–Crippen MR) is 81.1 cm³/mol. The van der Waals surface area contributed by atoms with Crippen molar-refractivity contribution in [2.45, 2.75) is 46.1 Å². The van der Waals surface area contributed by atoms with E-state index in [9.17, 15) is 0 Å². The molecule has 0 amide bonds. The molecule has 3 heteroatoms. The molecule has 1 aromatic carbocycles. The Kier molecular flexibility index (Phi) is 6.72. The monoisotopic (exact) mass is 313 g/mol. The second-order valence-electron chi connectivity index (χ2n) is 5.16. The fraction of sp³-hybridized carbons (Fsp3) is 0.600. The zero-order valence-electron chi connectivity index (χ0n) is 11.6. The number of nitrogens with two attached hydrogens (primary N) is 1. The third-order valence-corrected chi connectivity index (χ3v) is 3.48. The van der Waals surface area contributed by atoms with Crippen molar-refractivity contribution in [1.82, 2.24) is 0 Å². The fourth-order valence-electron chi connectivity index (χ4n) is 1.68. The van der Waals surface area contributed by atoms with Crippen LogP contribution in [0.2, 0.25) is 0 Å². The van der Waals surface area contributed by atoms with Gasteiger partial charge in [-0.15, -0.1) is 0 Å². The van der Waals surface area contributed by atoms with Gasteiger partial charge >= 0.3 is 0 Å². The van der Waals surface area contributed by atoms with Gasteiger partial charge in [0.25, 0.3) is 0 Å². The van der Waals surface area contributed by atoms with Crippen LogP contribution in [-0.4, -0.2) is 12.6 Å². The summed E-state index contributed by atoms with van der Waals surface area (Å²) in [5.41, 5.74) is 7.23. The van der Waals surface area contributed by atoms with E-state index in [-0.39, 0.29) is 6.04 Å². The molecule has 0 aliphatic rings. The van der Waals surface area contributed by atoms with E-state index in [2.05, 4.69) is 42.8 Å². The summed E-state index contributed by atoms with van der Waals surface area (Å²) in [5.74, 6) is 1.64. The van der Waals surface area contributed by atoms with Crippen LogP contribution >= 0.6 is 15.9 Å². The average molecular weight is 314 g/mol. The van der Waals surface area contributed by atoms with Crippen molar-refractivity contribution in [3.05, 3.63) is 28.2 Å². The summed E-state index contributed by atoms with van der Waals surface area (Å²) in [4.78, 5) is 0. The van der Waals surface area contributed by atoms with E-state index >= 15 is 0 Å². The molecule has 0 bridgehead atoms. The molecule has 0 aliphatic heterocycles. The smallest absolute Gasteiger partial charge is 0.122 e. The maximum atomic E-state index is 6.03. The molecular weight excluding hydrogens is 290 g/mol. The highest BCUT2D eigenvalue weighted by Gasteiger charge is 2.09. The van der Waals surface area contributed by atoms with Crippen LogP contribution in [0.5, 0.6) is 5.75 Å². The van der Waals surface area contributed by atoms with Crippen LogP contribution < -0.4 is 10.5 Å². The van der Waals surface area contributed by atoms with Crippen LogP contribution in [0.3, 0.4) is 0 Å². The van der Waals surface area contributed by atoms with Crippen LogP contribution in [0.1, 0.15) is 39.2 Å². The number of rotatable bonds is 7. The Labute approximate surface area is 119 Å². The van der Waals surface area contributed by atoms with Crippen molar-refractivity contribution >= 4 is 15.9 Å². The topological polar surface area (TPSA) is 35.2 Å². The zero-order valence-corrected chi connectivity index (χ0v) is 13.2. The number of ether oxygens (including phenoxy) is 1. The largest absolute Gasteiger partial charge is 0.493 e. The lowest BCUT2D eigenvalue weighted by atomic mass is 10.0. The third kappa shape index (κ3) is 5.40. The fourth-order valence-corrected chi connectivity index (χ4v) is 2.09. The molecule has 102 valence electrons. The lowest BCUT2D eigenvalue weighted by Gasteiger charge is -2.15. The van der Waals surface area contributed by atoms with E-state index in [0.717, 1.165) is 36.1 Å². The van der Waals surface area contributed by atoms with Gasteiger partial charge in [0.1, 0.15) is 5.75 Å². The summed E-state index contributed by atoms with van der Waals surface area (Å²) in [6.07, 6.45) is 2.93. The molecular formula is C15H24BrNO. The van der Waals surface area contributed by atoms with Crippen molar-refractivity contribution in [2.24, 2.45) is 11.7 Å². The molecule has 0 fully saturated rings. The summed E-state index contributed by atoms with van der Waals surface area (Å²) in [6.45, 7) is 7.30. The van der Waals surface area contributed by atoms with Gasteiger partial charge in [-0.3, -0.25) is 0 Å². The Morgan fingerprint density at radius 3 is 2.67 bits per heavy atom. The first kappa shape index (κ1) is 15.5. The van der Waals surface area contributed by atoms with E-state index < -0.39 is 0 Å². The van der Waals surface area contributed by atoms with Crippen molar-refractivity contribution in [2.75, 3.05) is 6.61 Å². The Bertz CT molecular complexity index is 366. The minimum atomic E-state index is 0.201. The van der Waals surface area contributed by atoms with Crippen LogP contribution in [0, 0.1) is 5.92 Å². The van der Waals surface area contributed by atoms with Gasteiger partial charge in [-0.1, -0.05) is 36.7 Å². The summed E-state index contributed by atoms with van der Waals surface area (Å²) in [5, 5.41) is 0. The van der Waals surface area contributed by atoms with Crippen molar-refractivity contribution < 1.29 is 4.74 Å². The normalized spacial score (nSPS) is 12.8. The third-order valence-electron chi connectivity index (χ3n) is 2.98. The minimum absolute atomic E-state index is 0.201. The summed E-state index contributed by atoms with van der Waals surface area (Å²) in [6, 6.07) is 6.36. The summed E-state index contributed by atoms with van der Waals surface area (Å²) >= 11 is 3.50. The molecule has 1 aromatic rings. The Morgan fingerprint density at radius 1 is 1.33 bits per heavy atom. The maximum absolute atomic E-state index is 6.03. The van der Waals surface area contributed by atoms with E-state index in [4.69, 9.17) is 10.5 Å². The lowest BCUT2D eigenvalue weighted by Crippen LogP contribution is -2.21. The van der Waals surface area contributed by atoms with Crippen LogP contribution in [0.25, 0.3) is 0 Å². The highest BCUT2D eigenvalue weighted by Crippen LogP contribution is 2.25. The molecule has 0 heterocycles. The molecule has 0 radical (unpaired) electrons. The maximum Gasteiger partial charge on any atom is 0.122 e. The van der Waals surface area contributed by atoms with E-state index in [1.54, 1.807) is 0 Å². The van der Waals surface area contributed by atoms with Crippen LogP contribution in [0.4, 0.5) is 0 Å². The Hall–Kier alpha value is -0.540. The number of benzene rings is 1. The molecule has 0 saturated carbocycles. The average Bonchev–Trinajstić information content (AvgIpc) is 2.31. The molecule has 18 heavy (non-hydrogen) atoms. The van der Waals surface area contributed by atoms with Crippen LogP contribution in [-0.2, 0) is 6.42 Å². The van der Waals surface area contributed by atoms with Gasteiger partial charge in [0.05, 0.1) is 6.61 Å². The second-order valence-corrected chi connectivity index (χ2v) is 6.07. The molecule has 0 aromatic heterocycles. The zero-order chi connectivity index (χ0) is 13.5. The quantitative estimate of drug-likeness (QED) is 0.820. The highest BCUT2D eigenvalue weighted by molar-refractivity contribution is 9.10. The molecule has 0 saturated heterocycles. The minimum Gasteiger partial charge on any atom is -0.493 e. The molecule has 0 spiro atoms. The van der Waals surface area contributed by atoms with Gasteiger partial charge in [-0.2, -0.15) is 0 Å². The van der Waals surface area contributed by atoms with Crippen molar-refractivity contribution in [3.63, 3.8) is 0 Å². The standard InChI is InChI=1S/C15H24BrNO/c1-4-14(17)10-12-9-13(16)5-6-15(12)18-8-7-11(2)3/h5-6,9,11,14H,4,7-8,10,17H2,1-3H3. The van der Waals surface area contributed by atoms with E-state index in [1.165, 1.54) is 5.56 Å². The second kappa shape index (κ2) is 7.80. The van der Waals surface area contributed by atoms with Gasteiger partial charge in [0, 0.05) is 10.5 Å². The lowest BCUT2D eigenvalue weighted by molar-refractivity contribution is 0.286. The predicted octanol–water partition coefficient (Wildman–Crippen LogP) is 4.15. The highest BCUT2D eigenvalue weighted by atomic mass is 79.9. The van der Waals surface area contributed by atoms with E-state index in [0.29, 0.717) is 5.92 Å². The van der Waals surface area contributed by atoms with Gasteiger partial charge in [0.2, 0.25) is 0 Å². The number of hydrogen-bond acceptors (Lipinski definition) is 2. The molecule has 0 aliphatic carbocycles. The molecule has 1 rings (SSSR count). The van der Waals surface area contributed by atoms with Gasteiger partial charge < -0.3 is 10.5 Å². The number of halogens is 1. The molecule has 2 nitrogen and oxygen atoms in total.